The van der Waals surface area contributed by atoms with Crippen molar-refractivity contribution in [2.24, 2.45) is 0 Å². The predicted octanol–water partition coefficient (Wildman–Crippen LogP) is 1.32. The number of hydrogen-bond donors (Lipinski definition) is 1. The molecule has 2 aliphatic heterocycles. The molecule has 3 nitrogen and oxygen atoms in total. The summed E-state index contributed by atoms with van der Waals surface area (Å²) >= 11 is 0. The molecular weight excluding hydrogens is 212 g/mol. The van der Waals surface area contributed by atoms with E-state index in [1.807, 2.05) is 0 Å². The molecule has 4 heteroatoms. The first-order valence-electron chi connectivity index (χ1n) is 5.87. The molecule has 0 bridgehead atoms. The SMILES string of the molecule is Cl.O=C([C@H]1CCCN1)N1CCC12CCC2. The van der Waals surface area contributed by atoms with E-state index in [-0.39, 0.29) is 18.4 Å². The van der Waals surface area contributed by atoms with Crippen molar-refractivity contribution in [3.8, 4) is 0 Å². The Hall–Kier alpha value is -0.280. The summed E-state index contributed by atoms with van der Waals surface area (Å²) in [4.78, 5) is 14.3. The van der Waals surface area contributed by atoms with Crippen LogP contribution in [0.3, 0.4) is 0 Å². The van der Waals surface area contributed by atoms with Crippen molar-refractivity contribution in [1.29, 1.82) is 0 Å². The van der Waals surface area contributed by atoms with Gasteiger partial charge in [-0.1, -0.05) is 0 Å². The van der Waals surface area contributed by atoms with Crippen LogP contribution in [0.5, 0.6) is 0 Å². The average Bonchev–Trinajstić information content (AvgIpc) is 2.50. The summed E-state index contributed by atoms with van der Waals surface area (Å²) in [7, 11) is 0. The largest absolute Gasteiger partial charge is 0.336 e. The molecule has 1 N–H and O–H groups in total. The first kappa shape index (κ1) is 11.2. The molecule has 86 valence electrons. The van der Waals surface area contributed by atoms with Gasteiger partial charge < -0.3 is 10.2 Å². The molecule has 15 heavy (non-hydrogen) atoms. The Kier molecular flexibility index (Phi) is 2.95. The molecule has 1 saturated carbocycles. The first-order chi connectivity index (χ1) is 6.82. The van der Waals surface area contributed by atoms with Crippen LogP contribution in [0.1, 0.15) is 38.5 Å². The minimum Gasteiger partial charge on any atom is -0.336 e. The normalized spacial score (nSPS) is 31.7. The number of carbonyl (C=O) groups is 1. The Morgan fingerprint density at radius 3 is 2.47 bits per heavy atom. The summed E-state index contributed by atoms with van der Waals surface area (Å²) < 4.78 is 0. The third kappa shape index (κ3) is 1.56. The fourth-order valence-electron chi connectivity index (χ4n) is 3.07. The summed E-state index contributed by atoms with van der Waals surface area (Å²) in [5.74, 6) is 0.383. The van der Waals surface area contributed by atoms with Crippen molar-refractivity contribution < 1.29 is 4.79 Å². The number of halogens is 1. The van der Waals surface area contributed by atoms with Gasteiger partial charge in [0.05, 0.1) is 6.04 Å². The molecular formula is C11H19ClN2O. The Bertz CT molecular complexity index is 254. The highest BCUT2D eigenvalue weighted by atomic mass is 35.5. The summed E-state index contributed by atoms with van der Waals surface area (Å²) in [6.45, 7) is 2.04. The number of carbonyl (C=O) groups excluding carboxylic acids is 1. The van der Waals surface area contributed by atoms with E-state index in [0.717, 1.165) is 25.9 Å². The molecule has 2 heterocycles. The summed E-state index contributed by atoms with van der Waals surface area (Å²) in [5, 5.41) is 3.30. The van der Waals surface area contributed by atoms with Crippen LogP contribution in [0.25, 0.3) is 0 Å². The standard InChI is InChI=1S/C11H18N2O.ClH/c14-10(9-3-1-7-12-9)13-8-6-11(13)4-2-5-11;/h9,12H,1-8H2;1H/t9-;/m1./s1. The third-order valence-corrected chi connectivity index (χ3v) is 4.28. The minimum atomic E-state index is 0. The molecule has 1 amide bonds. The van der Waals surface area contributed by atoms with Gasteiger partial charge in [0, 0.05) is 12.1 Å². The van der Waals surface area contributed by atoms with Gasteiger partial charge in [-0.15, -0.1) is 12.4 Å². The van der Waals surface area contributed by atoms with Gasteiger partial charge in [0.25, 0.3) is 0 Å². The average molecular weight is 231 g/mol. The zero-order chi connectivity index (χ0) is 9.60. The number of nitrogens with zero attached hydrogens (tertiary/aromatic N) is 1. The lowest BCUT2D eigenvalue weighted by atomic mass is 9.67. The van der Waals surface area contributed by atoms with E-state index in [1.54, 1.807) is 0 Å². The van der Waals surface area contributed by atoms with Crippen LogP contribution in [0.2, 0.25) is 0 Å². The van der Waals surface area contributed by atoms with Crippen LogP contribution in [-0.4, -0.2) is 35.5 Å². The van der Waals surface area contributed by atoms with E-state index in [0.29, 0.717) is 11.4 Å². The highest BCUT2D eigenvalue weighted by molar-refractivity contribution is 5.85. The van der Waals surface area contributed by atoms with Gasteiger partial charge in [0.2, 0.25) is 5.91 Å². The fourth-order valence-corrected chi connectivity index (χ4v) is 3.07. The molecule has 1 spiro atoms. The lowest BCUT2D eigenvalue weighted by Gasteiger charge is -2.59. The molecule has 0 aromatic heterocycles. The molecule has 3 fully saturated rings. The van der Waals surface area contributed by atoms with Crippen molar-refractivity contribution in [2.75, 3.05) is 13.1 Å². The molecule has 0 unspecified atom stereocenters. The van der Waals surface area contributed by atoms with Gasteiger partial charge in [-0.25, -0.2) is 0 Å². The fraction of sp³-hybridized carbons (Fsp3) is 0.909. The predicted molar refractivity (Wildman–Crippen MR) is 61.2 cm³/mol. The van der Waals surface area contributed by atoms with Crippen molar-refractivity contribution in [3.63, 3.8) is 0 Å². The lowest BCUT2D eigenvalue weighted by Crippen LogP contribution is -2.67. The zero-order valence-electron chi connectivity index (χ0n) is 9.00. The van der Waals surface area contributed by atoms with Crippen LogP contribution >= 0.6 is 12.4 Å². The van der Waals surface area contributed by atoms with Crippen molar-refractivity contribution >= 4 is 18.3 Å². The summed E-state index contributed by atoms with van der Waals surface area (Å²) in [6.07, 6.45) is 7.30. The van der Waals surface area contributed by atoms with Gasteiger partial charge in [0.15, 0.2) is 0 Å². The van der Waals surface area contributed by atoms with Crippen LogP contribution in [0.4, 0.5) is 0 Å². The van der Waals surface area contributed by atoms with E-state index in [4.69, 9.17) is 0 Å². The number of nitrogens with one attached hydrogen (secondary N) is 1. The Morgan fingerprint density at radius 2 is 2.07 bits per heavy atom. The Balaban J connectivity index is 0.000000853. The highest BCUT2D eigenvalue weighted by Gasteiger charge is 2.52. The highest BCUT2D eigenvalue weighted by Crippen LogP contribution is 2.47. The van der Waals surface area contributed by atoms with Crippen LogP contribution in [0, 0.1) is 0 Å². The smallest absolute Gasteiger partial charge is 0.240 e. The molecule has 0 aromatic carbocycles. The summed E-state index contributed by atoms with van der Waals surface area (Å²) in [6, 6.07) is 0.146. The van der Waals surface area contributed by atoms with Crippen LogP contribution in [-0.2, 0) is 4.79 Å². The van der Waals surface area contributed by atoms with Gasteiger partial charge in [-0.05, 0) is 45.1 Å². The van der Waals surface area contributed by atoms with Crippen molar-refractivity contribution in [2.45, 2.75) is 50.1 Å². The molecule has 2 saturated heterocycles. The second-order valence-electron chi connectivity index (χ2n) is 4.97. The Morgan fingerprint density at radius 1 is 1.27 bits per heavy atom. The topological polar surface area (TPSA) is 32.3 Å². The monoisotopic (exact) mass is 230 g/mol. The number of likely N-dealkylation sites (tertiary alicyclic amines) is 1. The number of rotatable bonds is 1. The van der Waals surface area contributed by atoms with Crippen molar-refractivity contribution in [3.05, 3.63) is 0 Å². The maximum atomic E-state index is 12.1. The number of hydrogen-bond acceptors (Lipinski definition) is 2. The molecule has 3 rings (SSSR count). The molecule has 0 aromatic rings. The minimum absolute atomic E-state index is 0. The summed E-state index contributed by atoms with van der Waals surface area (Å²) in [5.41, 5.74) is 0.335. The second-order valence-corrected chi connectivity index (χ2v) is 4.97. The molecule has 0 radical (unpaired) electrons. The van der Waals surface area contributed by atoms with Crippen LogP contribution in [0.15, 0.2) is 0 Å². The Labute approximate surface area is 97.0 Å². The van der Waals surface area contributed by atoms with Crippen LogP contribution < -0.4 is 5.32 Å². The maximum absolute atomic E-state index is 12.1. The third-order valence-electron chi connectivity index (χ3n) is 4.28. The van der Waals surface area contributed by atoms with Gasteiger partial charge >= 0.3 is 0 Å². The van der Waals surface area contributed by atoms with E-state index in [2.05, 4.69) is 10.2 Å². The van der Waals surface area contributed by atoms with Gasteiger partial charge in [-0.3, -0.25) is 4.79 Å². The first-order valence-corrected chi connectivity index (χ1v) is 5.87. The maximum Gasteiger partial charge on any atom is 0.240 e. The van der Waals surface area contributed by atoms with E-state index in [9.17, 15) is 4.79 Å². The van der Waals surface area contributed by atoms with E-state index in [1.165, 1.54) is 25.7 Å². The quantitative estimate of drug-likeness (QED) is 0.737. The van der Waals surface area contributed by atoms with E-state index < -0.39 is 0 Å². The lowest BCUT2D eigenvalue weighted by molar-refractivity contribution is -0.157. The number of amides is 1. The molecule has 1 atom stereocenters. The van der Waals surface area contributed by atoms with Gasteiger partial charge in [0.1, 0.15) is 0 Å². The second kappa shape index (κ2) is 3.95. The zero-order valence-corrected chi connectivity index (χ0v) is 9.81. The molecule has 1 aliphatic carbocycles. The van der Waals surface area contributed by atoms with Gasteiger partial charge in [-0.2, -0.15) is 0 Å². The molecule has 3 aliphatic rings. The van der Waals surface area contributed by atoms with Crippen molar-refractivity contribution in [1.82, 2.24) is 10.2 Å². The van der Waals surface area contributed by atoms with E-state index >= 15 is 0 Å².